The summed E-state index contributed by atoms with van der Waals surface area (Å²) in [5.74, 6) is 0.831. The molecular formula is C11H14N4O. The Kier molecular flexibility index (Phi) is 3.22. The summed E-state index contributed by atoms with van der Waals surface area (Å²) in [5.41, 5.74) is 1.07. The first-order valence-electron chi connectivity index (χ1n) is 5.23. The number of nitrogens with one attached hydrogen (secondary N) is 1. The van der Waals surface area contributed by atoms with Crippen LogP contribution < -0.4 is 10.2 Å². The number of rotatable bonds is 2. The average Bonchev–Trinajstić information content (AvgIpc) is 2.39. The monoisotopic (exact) mass is 218 g/mol. The first-order valence-corrected chi connectivity index (χ1v) is 5.23. The number of hydrogen-bond donors (Lipinski definition) is 1. The minimum atomic E-state index is -0.333. The van der Waals surface area contributed by atoms with Crippen LogP contribution in [0.1, 0.15) is 0 Å². The van der Waals surface area contributed by atoms with E-state index >= 15 is 0 Å². The van der Waals surface area contributed by atoms with E-state index in [0.29, 0.717) is 13.2 Å². The SMILES string of the molecule is CNc1cc(N2CCOC(C#N)C2)ccn1. The van der Waals surface area contributed by atoms with Gasteiger partial charge in [0.2, 0.25) is 0 Å². The van der Waals surface area contributed by atoms with Crippen LogP contribution in [0.4, 0.5) is 11.5 Å². The quantitative estimate of drug-likeness (QED) is 0.797. The largest absolute Gasteiger partial charge is 0.373 e. The maximum absolute atomic E-state index is 8.83. The number of nitrogens with zero attached hydrogens (tertiary/aromatic N) is 3. The molecule has 1 atom stereocenters. The molecule has 0 amide bonds. The summed E-state index contributed by atoms with van der Waals surface area (Å²) < 4.78 is 5.30. The molecule has 2 heterocycles. The van der Waals surface area contributed by atoms with Gasteiger partial charge in [0.1, 0.15) is 5.82 Å². The van der Waals surface area contributed by atoms with Crippen molar-refractivity contribution in [2.75, 3.05) is 37.0 Å². The predicted octanol–water partition coefficient (Wildman–Crippen LogP) is 0.852. The van der Waals surface area contributed by atoms with Gasteiger partial charge < -0.3 is 15.0 Å². The van der Waals surface area contributed by atoms with Crippen molar-refractivity contribution in [3.63, 3.8) is 0 Å². The molecule has 0 bridgehead atoms. The fourth-order valence-electron chi connectivity index (χ4n) is 1.71. The summed E-state index contributed by atoms with van der Waals surface area (Å²) in [6.07, 6.45) is 1.43. The average molecular weight is 218 g/mol. The number of ether oxygens (including phenoxy) is 1. The van der Waals surface area contributed by atoms with Gasteiger partial charge in [-0.05, 0) is 6.07 Å². The summed E-state index contributed by atoms with van der Waals surface area (Å²) in [5, 5.41) is 11.8. The molecule has 0 saturated carbocycles. The smallest absolute Gasteiger partial charge is 0.161 e. The molecule has 0 aromatic carbocycles. The number of pyridine rings is 1. The molecule has 1 unspecified atom stereocenters. The maximum Gasteiger partial charge on any atom is 0.161 e. The Bertz CT molecular complexity index is 401. The third-order valence-corrected chi connectivity index (χ3v) is 2.58. The molecule has 1 aliphatic heterocycles. The minimum Gasteiger partial charge on any atom is -0.373 e. The zero-order chi connectivity index (χ0) is 11.4. The van der Waals surface area contributed by atoms with E-state index in [1.165, 1.54) is 0 Å². The molecule has 1 fully saturated rings. The Balaban J connectivity index is 2.14. The van der Waals surface area contributed by atoms with Crippen molar-refractivity contribution in [1.29, 1.82) is 5.26 Å². The van der Waals surface area contributed by atoms with Crippen molar-refractivity contribution >= 4 is 11.5 Å². The lowest BCUT2D eigenvalue weighted by molar-refractivity contribution is 0.0764. The lowest BCUT2D eigenvalue weighted by Gasteiger charge is -2.31. The van der Waals surface area contributed by atoms with E-state index in [2.05, 4.69) is 21.3 Å². The van der Waals surface area contributed by atoms with Crippen molar-refractivity contribution < 1.29 is 4.74 Å². The number of anilines is 2. The van der Waals surface area contributed by atoms with Crippen LogP contribution in [0.2, 0.25) is 0 Å². The first kappa shape index (κ1) is 10.7. The summed E-state index contributed by atoms with van der Waals surface area (Å²) >= 11 is 0. The van der Waals surface area contributed by atoms with Crippen molar-refractivity contribution in [2.24, 2.45) is 0 Å². The van der Waals surface area contributed by atoms with Gasteiger partial charge in [0, 0.05) is 31.5 Å². The highest BCUT2D eigenvalue weighted by Gasteiger charge is 2.20. The molecule has 1 aromatic heterocycles. The second kappa shape index (κ2) is 4.81. The van der Waals surface area contributed by atoms with Crippen LogP contribution in [0.15, 0.2) is 18.3 Å². The molecule has 0 spiro atoms. The Labute approximate surface area is 94.7 Å². The Morgan fingerprint density at radius 3 is 3.31 bits per heavy atom. The van der Waals surface area contributed by atoms with E-state index in [1.807, 2.05) is 19.2 Å². The molecule has 16 heavy (non-hydrogen) atoms. The molecule has 5 heteroatoms. The molecule has 1 aromatic rings. The van der Waals surface area contributed by atoms with Gasteiger partial charge in [-0.25, -0.2) is 4.98 Å². The van der Waals surface area contributed by atoms with Crippen LogP contribution in [0.3, 0.4) is 0 Å². The highest BCUT2D eigenvalue weighted by Crippen LogP contribution is 2.19. The van der Waals surface area contributed by atoms with Crippen molar-refractivity contribution in [1.82, 2.24) is 4.98 Å². The van der Waals surface area contributed by atoms with Crippen LogP contribution in [0.25, 0.3) is 0 Å². The zero-order valence-corrected chi connectivity index (χ0v) is 9.18. The number of aromatic nitrogens is 1. The van der Waals surface area contributed by atoms with E-state index in [0.717, 1.165) is 18.1 Å². The first-order chi connectivity index (χ1) is 7.83. The molecule has 1 N–H and O–H groups in total. The Hall–Kier alpha value is -1.80. The van der Waals surface area contributed by atoms with Gasteiger partial charge in [-0.3, -0.25) is 0 Å². The van der Waals surface area contributed by atoms with Crippen LogP contribution in [0.5, 0.6) is 0 Å². The second-order valence-electron chi connectivity index (χ2n) is 3.58. The van der Waals surface area contributed by atoms with E-state index in [-0.39, 0.29) is 6.10 Å². The highest BCUT2D eigenvalue weighted by molar-refractivity contribution is 5.54. The maximum atomic E-state index is 8.83. The number of hydrogen-bond acceptors (Lipinski definition) is 5. The summed E-state index contributed by atoms with van der Waals surface area (Å²) in [6.45, 7) is 2.02. The van der Waals surface area contributed by atoms with Gasteiger partial charge in [0.25, 0.3) is 0 Å². The molecule has 5 nitrogen and oxygen atoms in total. The predicted molar refractivity (Wildman–Crippen MR) is 61.3 cm³/mol. The lowest BCUT2D eigenvalue weighted by Crippen LogP contribution is -2.41. The minimum absolute atomic E-state index is 0.333. The van der Waals surface area contributed by atoms with Crippen LogP contribution in [-0.2, 0) is 4.74 Å². The van der Waals surface area contributed by atoms with Crippen LogP contribution in [-0.4, -0.2) is 37.8 Å². The fourth-order valence-corrected chi connectivity index (χ4v) is 1.71. The molecule has 84 valence electrons. The highest BCUT2D eigenvalue weighted by atomic mass is 16.5. The summed E-state index contributed by atoms with van der Waals surface area (Å²) in [7, 11) is 1.84. The third-order valence-electron chi connectivity index (χ3n) is 2.58. The van der Waals surface area contributed by atoms with Gasteiger partial charge in [-0.2, -0.15) is 5.26 Å². The van der Waals surface area contributed by atoms with Crippen molar-refractivity contribution in [2.45, 2.75) is 6.10 Å². The topological polar surface area (TPSA) is 61.2 Å². The molecule has 2 rings (SSSR count). The lowest BCUT2D eigenvalue weighted by atomic mass is 10.2. The number of nitriles is 1. The molecule has 1 aliphatic rings. The molecule has 0 aliphatic carbocycles. The molecule has 1 saturated heterocycles. The number of morpholine rings is 1. The van der Waals surface area contributed by atoms with Gasteiger partial charge in [-0.1, -0.05) is 0 Å². The fraction of sp³-hybridized carbons (Fsp3) is 0.455. The second-order valence-corrected chi connectivity index (χ2v) is 3.58. The summed E-state index contributed by atoms with van der Waals surface area (Å²) in [4.78, 5) is 6.30. The van der Waals surface area contributed by atoms with Crippen LogP contribution >= 0.6 is 0 Å². The Morgan fingerprint density at radius 2 is 2.56 bits per heavy atom. The Morgan fingerprint density at radius 1 is 1.69 bits per heavy atom. The van der Waals surface area contributed by atoms with Gasteiger partial charge in [0.15, 0.2) is 6.10 Å². The van der Waals surface area contributed by atoms with Crippen molar-refractivity contribution in [3.05, 3.63) is 18.3 Å². The van der Waals surface area contributed by atoms with E-state index in [1.54, 1.807) is 6.20 Å². The third kappa shape index (κ3) is 2.23. The van der Waals surface area contributed by atoms with E-state index in [4.69, 9.17) is 10.00 Å². The van der Waals surface area contributed by atoms with Crippen molar-refractivity contribution in [3.8, 4) is 6.07 Å². The van der Waals surface area contributed by atoms with Crippen LogP contribution in [0, 0.1) is 11.3 Å². The standard InChI is InChI=1S/C11H14N4O/c1-13-11-6-9(2-3-14-11)15-4-5-16-10(7-12)8-15/h2-3,6,10H,4-5,8H2,1H3,(H,13,14). The van der Waals surface area contributed by atoms with Gasteiger partial charge >= 0.3 is 0 Å². The normalized spacial score (nSPS) is 20.2. The summed E-state index contributed by atoms with van der Waals surface area (Å²) in [6, 6.07) is 6.05. The van der Waals surface area contributed by atoms with Gasteiger partial charge in [0.05, 0.1) is 19.2 Å². The van der Waals surface area contributed by atoms with Gasteiger partial charge in [-0.15, -0.1) is 0 Å². The molecular weight excluding hydrogens is 204 g/mol. The van der Waals surface area contributed by atoms with E-state index in [9.17, 15) is 0 Å². The van der Waals surface area contributed by atoms with E-state index < -0.39 is 0 Å². The zero-order valence-electron chi connectivity index (χ0n) is 9.18. The molecule has 0 radical (unpaired) electrons.